The molecule has 0 amide bonds. The highest BCUT2D eigenvalue weighted by Gasteiger charge is 2.36. The lowest BCUT2D eigenvalue weighted by Gasteiger charge is -2.26. The first-order valence-electron chi connectivity index (χ1n) is 4.78. The number of hydrogen-bond donors (Lipinski definition) is 2. The van der Waals surface area contributed by atoms with Crippen LogP contribution in [0.1, 0.15) is 19.5 Å². The molecule has 0 spiro atoms. The van der Waals surface area contributed by atoms with Crippen LogP contribution in [0.25, 0.3) is 0 Å². The Kier molecular flexibility index (Phi) is 3.42. The van der Waals surface area contributed by atoms with Gasteiger partial charge in [0, 0.05) is 17.2 Å². The second kappa shape index (κ2) is 4.46. The number of nitrogens with zero attached hydrogens (tertiary/aromatic N) is 2. The summed E-state index contributed by atoms with van der Waals surface area (Å²) in [6.45, 7) is 3.00. The van der Waals surface area contributed by atoms with Crippen LogP contribution in [0.5, 0.6) is 0 Å². The van der Waals surface area contributed by atoms with Gasteiger partial charge in [-0.1, -0.05) is 13.8 Å². The topological polar surface area (TPSA) is 114 Å². The summed E-state index contributed by atoms with van der Waals surface area (Å²) in [4.78, 5) is 24.3. The van der Waals surface area contributed by atoms with E-state index in [1.54, 1.807) is 0 Å². The Bertz CT molecular complexity index is 441. The third-order valence-electron chi connectivity index (χ3n) is 2.54. The van der Waals surface area contributed by atoms with E-state index in [9.17, 15) is 20.0 Å². The minimum Gasteiger partial charge on any atom is -0.479 e. The van der Waals surface area contributed by atoms with Crippen molar-refractivity contribution < 1.29 is 19.9 Å². The van der Waals surface area contributed by atoms with Crippen molar-refractivity contribution in [3.05, 3.63) is 34.1 Å². The number of carboxylic acids is 1. The Morgan fingerprint density at radius 2 is 2.12 bits per heavy atom. The molecule has 0 bridgehead atoms. The molecule has 1 rings (SSSR count). The van der Waals surface area contributed by atoms with Crippen molar-refractivity contribution in [1.29, 1.82) is 0 Å². The fraction of sp³-hybridized carbons (Fsp3) is 0.400. The van der Waals surface area contributed by atoms with Crippen LogP contribution in [-0.4, -0.2) is 32.2 Å². The summed E-state index contributed by atoms with van der Waals surface area (Å²) in [6.07, 6.45) is -0.595. The molecule has 0 aliphatic carbocycles. The van der Waals surface area contributed by atoms with Crippen molar-refractivity contribution in [3.8, 4) is 0 Å². The number of carbonyl (C=O) groups is 1. The third-order valence-corrected chi connectivity index (χ3v) is 2.54. The minimum atomic E-state index is -1.63. The fourth-order valence-corrected chi connectivity index (χ4v) is 1.32. The van der Waals surface area contributed by atoms with Gasteiger partial charge in [0.05, 0.1) is 4.92 Å². The second-order valence-electron chi connectivity index (χ2n) is 4.12. The third kappa shape index (κ3) is 2.56. The van der Waals surface area contributed by atoms with Crippen molar-refractivity contribution in [3.63, 3.8) is 0 Å². The standard InChI is InChI=1S/C10H12N2O5/c1-10(2,8(13)9(14)15)7-4-3-6(5-11-7)12(16)17/h3-5,8,13H,1-2H3,(H,14,15). The summed E-state index contributed by atoms with van der Waals surface area (Å²) >= 11 is 0. The van der Waals surface area contributed by atoms with E-state index < -0.39 is 22.4 Å². The van der Waals surface area contributed by atoms with Crippen molar-refractivity contribution in [2.45, 2.75) is 25.4 Å². The lowest BCUT2D eigenvalue weighted by atomic mass is 9.82. The number of carboxylic acid groups (broad SMARTS) is 1. The quantitative estimate of drug-likeness (QED) is 0.591. The monoisotopic (exact) mass is 240 g/mol. The van der Waals surface area contributed by atoms with Gasteiger partial charge in [-0.15, -0.1) is 0 Å². The van der Waals surface area contributed by atoms with Crippen LogP contribution < -0.4 is 0 Å². The number of aromatic nitrogens is 1. The molecule has 1 heterocycles. The first-order valence-corrected chi connectivity index (χ1v) is 4.78. The molecule has 0 saturated carbocycles. The molecule has 1 aromatic rings. The molecule has 7 nitrogen and oxygen atoms in total. The largest absolute Gasteiger partial charge is 0.479 e. The predicted molar refractivity (Wildman–Crippen MR) is 57.6 cm³/mol. The molecule has 0 aliphatic heterocycles. The van der Waals surface area contributed by atoms with Crippen LogP contribution in [0.2, 0.25) is 0 Å². The fourth-order valence-electron chi connectivity index (χ4n) is 1.32. The van der Waals surface area contributed by atoms with E-state index in [-0.39, 0.29) is 11.4 Å². The highest BCUT2D eigenvalue weighted by molar-refractivity contribution is 5.74. The van der Waals surface area contributed by atoms with Crippen molar-refractivity contribution in [2.24, 2.45) is 0 Å². The predicted octanol–water partition coefficient (Wildman–Crippen LogP) is 0.713. The maximum atomic E-state index is 10.7. The van der Waals surface area contributed by atoms with Crippen LogP contribution >= 0.6 is 0 Å². The zero-order chi connectivity index (χ0) is 13.2. The van der Waals surface area contributed by atoms with Gasteiger partial charge >= 0.3 is 5.97 Å². The molecule has 2 N–H and O–H groups in total. The van der Waals surface area contributed by atoms with Gasteiger partial charge in [-0.3, -0.25) is 15.1 Å². The van der Waals surface area contributed by atoms with Gasteiger partial charge in [0.2, 0.25) is 0 Å². The van der Waals surface area contributed by atoms with Gasteiger partial charge in [-0.05, 0) is 6.07 Å². The molecular formula is C10H12N2O5. The Morgan fingerprint density at radius 1 is 1.53 bits per heavy atom. The number of aliphatic hydroxyl groups is 1. The molecular weight excluding hydrogens is 228 g/mol. The van der Waals surface area contributed by atoms with Gasteiger partial charge in [0.25, 0.3) is 5.69 Å². The Balaban J connectivity index is 3.07. The lowest BCUT2D eigenvalue weighted by Crippen LogP contribution is -2.40. The summed E-state index contributed by atoms with van der Waals surface area (Å²) in [5, 5.41) is 28.7. The normalized spacial score (nSPS) is 13.1. The lowest BCUT2D eigenvalue weighted by molar-refractivity contribution is -0.385. The molecule has 0 saturated heterocycles. The van der Waals surface area contributed by atoms with Gasteiger partial charge in [0.1, 0.15) is 6.20 Å². The van der Waals surface area contributed by atoms with E-state index in [4.69, 9.17) is 5.11 Å². The minimum absolute atomic E-state index is 0.186. The summed E-state index contributed by atoms with van der Waals surface area (Å²) in [5.41, 5.74) is -1.03. The average molecular weight is 240 g/mol. The smallest absolute Gasteiger partial charge is 0.333 e. The van der Waals surface area contributed by atoms with E-state index in [1.165, 1.54) is 26.0 Å². The SMILES string of the molecule is CC(C)(c1ccc([N+](=O)[O-])cn1)C(O)C(=O)O. The zero-order valence-corrected chi connectivity index (χ0v) is 9.32. The van der Waals surface area contributed by atoms with Crippen molar-refractivity contribution in [2.75, 3.05) is 0 Å². The molecule has 7 heteroatoms. The van der Waals surface area contributed by atoms with Crippen molar-refractivity contribution >= 4 is 11.7 Å². The van der Waals surface area contributed by atoms with E-state index in [0.29, 0.717) is 0 Å². The second-order valence-corrected chi connectivity index (χ2v) is 4.12. The molecule has 0 radical (unpaired) electrons. The number of rotatable bonds is 4. The maximum absolute atomic E-state index is 10.7. The van der Waals surface area contributed by atoms with Crippen LogP contribution in [-0.2, 0) is 10.2 Å². The van der Waals surface area contributed by atoms with E-state index in [1.807, 2.05) is 0 Å². The van der Waals surface area contributed by atoms with Gasteiger partial charge in [-0.2, -0.15) is 0 Å². The Morgan fingerprint density at radius 3 is 2.47 bits per heavy atom. The average Bonchev–Trinajstić information content (AvgIpc) is 2.27. The molecule has 17 heavy (non-hydrogen) atoms. The van der Waals surface area contributed by atoms with Gasteiger partial charge in [-0.25, -0.2) is 4.79 Å². The van der Waals surface area contributed by atoms with Crippen LogP contribution in [0, 0.1) is 10.1 Å². The number of aliphatic carboxylic acids is 1. The molecule has 92 valence electrons. The number of aliphatic hydroxyl groups excluding tert-OH is 1. The molecule has 0 aliphatic rings. The highest BCUT2D eigenvalue weighted by atomic mass is 16.6. The van der Waals surface area contributed by atoms with Gasteiger partial charge < -0.3 is 10.2 Å². The van der Waals surface area contributed by atoms with Crippen LogP contribution in [0.15, 0.2) is 18.3 Å². The summed E-state index contributed by atoms with van der Waals surface area (Å²) in [7, 11) is 0. The summed E-state index contributed by atoms with van der Waals surface area (Å²) in [6, 6.07) is 2.56. The van der Waals surface area contributed by atoms with Crippen LogP contribution in [0.3, 0.4) is 0 Å². The zero-order valence-electron chi connectivity index (χ0n) is 9.32. The number of nitro groups is 1. The molecule has 0 fully saturated rings. The van der Waals surface area contributed by atoms with Crippen molar-refractivity contribution in [1.82, 2.24) is 4.98 Å². The van der Waals surface area contributed by atoms with E-state index in [0.717, 1.165) is 6.20 Å². The number of pyridine rings is 1. The van der Waals surface area contributed by atoms with E-state index >= 15 is 0 Å². The maximum Gasteiger partial charge on any atom is 0.333 e. The van der Waals surface area contributed by atoms with Gasteiger partial charge in [0.15, 0.2) is 6.10 Å². The molecule has 1 aromatic heterocycles. The Labute approximate surface area is 96.9 Å². The first-order chi connectivity index (χ1) is 7.76. The summed E-state index contributed by atoms with van der Waals surface area (Å²) < 4.78 is 0. The van der Waals surface area contributed by atoms with E-state index in [2.05, 4.69) is 4.98 Å². The molecule has 1 atom stereocenters. The molecule has 0 aromatic carbocycles. The first kappa shape index (κ1) is 13.0. The molecule has 1 unspecified atom stereocenters. The summed E-state index contributed by atoms with van der Waals surface area (Å²) in [5.74, 6) is -1.37. The number of hydrogen-bond acceptors (Lipinski definition) is 5. The highest BCUT2D eigenvalue weighted by Crippen LogP contribution is 2.26. The Hall–Kier alpha value is -2.02. The van der Waals surface area contributed by atoms with Crippen LogP contribution in [0.4, 0.5) is 5.69 Å².